The molecule has 4 heterocycles. The van der Waals surface area contributed by atoms with Crippen LogP contribution in [0.5, 0.6) is 5.88 Å². The molecule has 2 N–H and O–H groups in total. The molecule has 2 fully saturated rings. The van der Waals surface area contributed by atoms with Crippen molar-refractivity contribution in [2.45, 2.75) is 18.6 Å². The molecule has 30 heavy (non-hydrogen) atoms. The van der Waals surface area contributed by atoms with E-state index in [2.05, 4.69) is 20.1 Å². The molecule has 1 aromatic carbocycles. The van der Waals surface area contributed by atoms with Crippen molar-refractivity contribution in [2.75, 3.05) is 51.3 Å². The van der Waals surface area contributed by atoms with Gasteiger partial charge in [0, 0.05) is 55.4 Å². The highest BCUT2D eigenvalue weighted by Crippen LogP contribution is 2.32. The zero-order chi connectivity index (χ0) is 20.7. The number of aromatic nitrogens is 3. The van der Waals surface area contributed by atoms with Gasteiger partial charge >= 0.3 is 0 Å². The van der Waals surface area contributed by atoms with Crippen LogP contribution in [0.1, 0.15) is 6.42 Å². The van der Waals surface area contributed by atoms with Crippen LogP contribution in [-0.2, 0) is 0 Å². The molecule has 0 unspecified atom stereocenters. The van der Waals surface area contributed by atoms with Gasteiger partial charge in [-0.15, -0.1) is 0 Å². The lowest BCUT2D eigenvalue weighted by molar-refractivity contribution is 0.182. The minimum atomic E-state index is -0.308. The Balaban J connectivity index is 1.55. The number of pyridine rings is 1. The van der Waals surface area contributed by atoms with Crippen molar-refractivity contribution >= 4 is 39.4 Å². The molecule has 0 aliphatic carbocycles. The molecule has 0 bridgehead atoms. The van der Waals surface area contributed by atoms with E-state index in [1.54, 1.807) is 6.20 Å². The summed E-state index contributed by atoms with van der Waals surface area (Å²) >= 11 is 6.27. The monoisotopic (exact) mass is 428 g/mol. The first-order valence-electron chi connectivity index (χ1n) is 10.3. The van der Waals surface area contributed by atoms with Gasteiger partial charge in [0.15, 0.2) is 0 Å². The highest BCUT2D eigenvalue weighted by Gasteiger charge is 2.29. The summed E-state index contributed by atoms with van der Waals surface area (Å²) in [6, 6.07) is 5.76. The van der Waals surface area contributed by atoms with Crippen LogP contribution in [0.25, 0.3) is 21.8 Å². The zero-order valence-corrected chi connectivity index (χ0v) is 17.6. The van der Waals surface area contributed by atoms with Crippen LogP contribution in [0.4, 0.5) is 5.95 Å². The van der Waals surface area contributed by atoms with Crippen molar-refractivity contribution in [3.8, 4) is 5.88 Å². The number of benzene rings is 1. The summed E-state index contributed by atoms with van der Waals surface area (Å²) in [7, 11) is 2.00. The predicted molar refractivity (Wildman–Crippen MR) is 117 cm³/mol. The van der Waals surface area contributed by atoms with Gasteiger partial charge in [-0.1, -0.05) is 11.6 Å². The fourth-order valence-corrected chi connectivity index (χ4v) is 4.42. The van der Waals surface area contributed by atoms with Gasteiger partial charge in [-0.3, -0.25) is 4.90 Å². The Hall–Kier alpha value is -2.26. The number of nitrogens with one attached hydrogen (secondary N) is 1. The summed E-state index contributed by atoms with van der Waals surface area (Å²) in [6.45, 7) is 4.69. The topological polar surface area (TPSA) is 86.6 Å². The van der Waals surface area contributed by atoms with Gasteiger partial charge in [0.1, 0.15) is 6.61 Å². The normalized spacial score (nSPS) is 22.8. The van der Waals surface area contributed by atoms with Gasteiger partial charge in [0.25, 0.3) is 0 Å². The Morgan fingerprint density at radius 1 is 1.23 bits per heavy atom. The summed E-state index contributed by atoms with van der Waals surface area (Å²) in [5, 5.41) is 15.6. The third-order valence-electron chi connectivity index (χ3n) is 5.92. The van der Waals surface area contributed by atoms with Gasteiger partial charge in [0.2, 0.25) is 11.8 Å². The number of ether oxygens (including phenoxy) is 1. The van der Waals surface area contributed by atoms with E-state index in [4.69, 9.17) is 26.3 Å². The molecule has 2 aliphatic heterocycles. The number of hydrogen-bond acceptors (Lipinski definition) is 8. The van der Waals surface area contributed by atoms with Crippen molar-refractivity contribution in [3.05, 3.63) is 29.4 Å². The van der Waals surface area contributed by atoms with Crippen LogP contribution < -0.4 is 15.0 Å². The molecular formula is C21H25ClN6O2. The first-order valence-corrected chi connectivity index (χ1v) is 10.7. The van der Waals surface area contributed by atoms with Crippen molar-refractivity contribution in [2.24, 2.45) is 0 Å². The predicted octanol–water partition coefficient (Wildman–Crippen LogP) is 1.68. The summed E-state index contributed by atoms with van der Waals surface area (Å²) < 4.78 is 6.15. The highest BCUT2D eigenvalue weighted by atomic mass is 35.5. The van der Waals surface area contributed by atoms with Gasteiger partial charge in [0.05, 0.1) is 22.5 Å². The molecule has 3 aromatic rings. The quantitative estimate of drug-likeness (QED) is 0.607. The third kappa shape index (κ3) is 3.76. The number of rotatable bonds is 4. The molecular weight excluding hydrogens is 404 g/mol. The standard InChI is InChI=1S/C21H25ClN6O2/c1-27-11-15(29)9-14(27)12-30-20-17-10-24-21(28-6-4-23-5-7-28)26-19(17)16-8-13(22)2-3-18(16)25-20/h2-3,8,10,14-15,23,29H,4-7,9,11-12H2,1H3/t14-,15+/m0/s1. The van der Waals surface area contributed by atoms with Crippen LogP contribution in [-0.4, -0.2) is 83.5 Å². The molecule has 2 aromatic heterocycles. The number of halogens is 1. The molecule has 0 spiro atoms. The fraction of sp³-hybridized carbons (Fsp3) is 0.476. The third-order valence-corrected chi connectivity index (χ3v) is 6.16. The van der Waals surface area contributed by atoms with E-state index >= 15 is 0 Å². The Labute approximate surface area is 179 Å². The lowest BCUT2D eigenvalue weighted by atomic mass is 10.1. The second-order valence-electron chi connectivity index (χ2n) is 8.04. The summed E-state index contributed by atoms with van der Waals surface area (Å²) in [4.78, 5) is 18.5. The van der Waals surface area contributed by atoms with E-state index in [0.29, 0.717) is 36.4 Å². The van der Waals surface area contributed by atoms with Gasteiger partial charge in [-0.2, -0.15) is 0 Å². The van der Waals surface area contributed by atoms with Crippen LogP contribution >= 0.6 is 11.6 Å². The minimum absolute atomic E-state index is 0.152. The van der Waals surface area contributed by atoms with Crippen molar-refractivity contribution in [3.63, 3.8) is 0 Å². The molecule has 5 rings (SSSR count). The maximum absolute atomic E-state index is 9.91. The molecule has 0 amide bonds. The van der Waals surface area contributed by atoms with Crippen LogP contribution in [0.15, 0.2) is 24.4 Å². The summed E-state index contributed by atoms with van der Waals surface area (Å²) in [5.41, 5.74) is 1.58. The molecule has 0 radical (unpaired) electrons. The first kappa shape index (κ1) is 19.7. The molecule has 158 valence electrons. The lowest BCUT2D eigenvalue weighted by Crippen LogP contribution is -2.44. The Kier molecular flexibility index (Phi) is 5.32. The SMILES string of the molecule is CN1C[C@H](O)C[C@H]1COc1nc2ccc(Cl)cc2c2nc(N3CCNCC3)ncc12. The first-order chi connectivity index (χ1) is 14.6. The average Bonchev–Trinajstić information content (AvgIpc) is 3.09. The Morgan fingerprint density at radius 2 is 2.07 bits per heavy atom. The van der Waals surface area contributed by atoms with E-state index < -0.39 is 0 Å². The Morgan fingerprint density at radius 3 is 2.83 bits per heavy atom. The number of fused-ring (bicyclic) bond motifs is 3. The molecule has 8 nitrogen and oxygen atoms in total. The second kappa shape index (κ2) is 8.11. The van der Waals surface area contributed by atoms with Crippen molar-refractivity contribution in [1.29, 1.82) is 0 Å². The summed E-state index contributed by atoms with van der Waals surface area (Å²) in [6.07, 6.45) is 2.19. The summed E-state index contributed by atoms with van der Waals surface area (Å²) in [5.74, 6) is 1.22. The number of aliphatic hydroxyl groups excluding tert-OH is 1. The number of nitrogens with zero attached hydrogens (tertiary/aromatic N) is 5. The van der Waals surface area contributed by atoms with Crippen molar-refractivity contribution < 1.29 is 9.84 Å². The van der Waals surface area contributed by atoms with E-state index in [-0.39, 0.29) is 12.1 Å². The number of likely N-dealkylation sites (tertiary alicyclic amines) is 1. The van der Waals surface area contributed by atoms with E-state index in [0.717, 1.165) is 48.0 Å². The Bertz CT molecular complexity index is 1070. The van der Waals surface area contributed by atoms with Crippen LogP contribution in [0.2, 0.25) is 5.02 Å². The van der Waals surface area contributed by atoms with Crippen LogP contribution in [0, 0.1) is 0 Å². The average molecular weight is 429 g/mol. The number of likely N-dealkylation sites (N-methyl/N-ethyl adjacent to an activating group) is 1. The van der Waals surface area contributed by atoms with E-state index in [1.165, 1.54) is 0 Å². The van der Waals surface area contributed by atoms with Gasteiger partial charge < -0.3 is 20.1 Å². The number of aliphatic hydroxyl groups is 1. The zero-order valence-electron chi connectivity index (χ0n) is 16.9. The number of piperazine rings is 1. The second-order valence-corrected chi connectivity index (χ2v) is 8.48. The molecule has 9 heteroatoms. The number of β-amino-alcohol motifs (C(OH)–C–C–N with tert-alkyl or cyclic N) is 1. The number of hydrogen-bond donors (Lipinski definition) is 2. The maximum atomic E-state index is 9.91. The molecule has 2 saturated heterocycles. The van der Waals surface area contributed by atoms with Crippen LogP contribution in [0.3, 0.4) is 0 Å². The fourth-order valence-electron chi connectivity index (χ4n) is 4.25. The van der Waals surface area contributed by atoms with E-state index in [1.807, 2.05) is 25.2 Å². The maximum Gasteiger partial charge on any atom is 0.225 e. The lowest BCUT2D eigenvalue weighted by Gasteiger charge is -2.27. The largest absolute Gasteiger partial charge is 0.475 e. The van der Waals surface area contributed by atoms with E-state index in [9.17, 15) is 5.11 Å². The van der Waals surface area contributed by atoms with Crippen molar-refractivity contribution in [1.82, 2.24) is 25.2 Å². The van der Waals surface area contributed by atoms with Gasteiger partial charge in [-0.25, -0.2) is 15.0 Å². The highest BCUT2D eigenvalue weighted by molar-refractivity contribution is 6.31. The molecule has 2 aliphatic rings. The molecule has 0 saturated carbocycles. The van der Waals surface area contributed by atoms with Gasteiger partial charge in [-0.05, 0) is 31.7 Å². The number of anilines is 1. The smallest absolute Gasteiger partial charge is 0.225 e. The minimum Gasteiger partial charge on any atom is -0.475 e. The molecule has 2 atom stereocenters.